The van der Waals surface area contributed by atoms with Crippen LogP contribution in [0.3, 0.4) is 0 Å². The minimum absolute atomic E-state index is 0.159. The molecule has 4 heterocycles. The summed E-state index contributed by atoms with van der Waals surface area (Å²) in [5, 5.41) is 6.37. The molecule has 0 radical (unpaired) electrons. The van der Waals surface area contributed by atoms with E-state index in [-0.39, 0.29) is 6.04 Å². The summed E-state index contributed by atoms with van der Waals surface area (Å²) >= 11 is 3.55. The predicted octanol–water partition coefficient (Wildman–Crippen LogP) is 9.82. The number of fused-ring (bicyclic) bond motifs is 2. The molecule has 2 saturated heterocycles. The average molecular weight is 720 g/mol. The summed E-state index contributed by atoms with van der Waals surface area (Å²) in [6, 6.07) is 34.2. The lowest BCUT2D eigenvalue weighted by atomic mass is 9.97. The lowest BCUT2D eigenvalue weighted by molar-refractivity contribution is 0.412. The van der Waals surface area contributed by atoms with Crippen LogP contribution < -0.4 is 11.1 Å². The molecule has 4 aromatic carbocycles. The lowest BCUT2D eigenvalue weighted by Crippen LogP contribution is -2.13. The Hall–Kier alpha value is -3.88. The molecule has 2 unspecified atom stereocenters. The van der Waals surface area contributed by atoms with Gasteiger partial charge in [0.1, 0.15) is 0 Å². The molecule has 0 aliphatic carbocycles. The summed E-state index contributed by atoms with van der Waals surface area (Å²) in [7, 11) is 4.41. The van der Waals surface area contributed by atoms with Crippen molar-refractivity contribution in [1.82, 2.24) is 19.8 Å². The van der Waals surface area contributed by atoms with Crippen LogP contribution in [0.2, 0.25) is 0 Å². The van der Waals surface area contributed by atoms with Gasteiger partial charge in [0.15, 0.2) is 0 Å². The summed E-state index contributed by atoms with van der Waals surface area (Å²) in [6.45, 7) is 8.94. The molecular formula is C42H51BrN6. The first-order valence-corrected chi connectivity index (χ1v) is 18.4. The van der Waals surface area contributed by atoms with Gasteiger partial charge in [0.25, 0.3) is 0 Å². The van der Waals surface area contributed by atoms with Crippen molar-refractivity contribution in [3.05, 3.63) is 136 Å². The van der Waals surface area contributed by atoms with Crippen molar-refractivity contribution < 1.29 is 0 Å². The number of halogens is 1. The number of hydrogen-bond acceptors (Lipinski definition) is 4. The van der Waals surface area contributed by atoms with Crippen LogP contribution in [0.15, 0.2) is 114 Å². The van der Waals surface area contributed by atoms with E-state index < -0.39 is 0 Å². The van der Waals surface area contributed by atoms with Crippen molar-refractivity contribution in [2.45, 2.75) is 50.6 Å². The maximum Gasteiger partial charge on any atom is 0.0485 e. The number of aromatic amines is 2. The van der Waals surface area contributed by atoms with Gasteiger partial charge in [-0.25, -0.2) is 0 Å². The van der Waals surface area contributed by atoms with Crippen LogP contribution in [0.25, 0.3) is 21.8 Å². The number of rotatable bonds is 6. The Kier molecular flexibility index (Phi) is 11.6. The lowest BCUT2D eigenvalue weighted by Gasteiger charge is -2.16. The molecule has 7 heteroatoms. The fourth-order valence-corrected chi connectivity index (χ4v) is 7.59. The van der Waals surface area contributed by atoms with Crippen LogP contribution >= 0.6 is 15.9 Å². The minimum Gasteiger partial charge on any atom is -0.379 e. The van der Waals surface area contributed by atoms with E-state index in [2.05, 4.69) is 141 Å². The number of hydrogen-bond donors (Lipinski definition) is 4. The summed E-state index contributed by atoms with van der Waals surface area (Å²) < 4.78 is 1.16. The fraction of sp³-hybridized carbons (Fsp3) is 0.333. The SMILES string of the molecule is CN1CCC(c2c[nH]c3ccc(Br)cc23)C1.C[C@@H](N)c1ccccc1.C[C@@H](Nc1ccc2[nH]cc(C3CCN(C)C3)c2c1)c1ccccc1. The molecule has 0 bridgehead atoms. The van der Waals surface area contributed by atoms with Crippen LogP contribution in [0.5, 0.6) is 0 Å². The molecule has 2 aromatic heterocycles. The number of nitrogens with zero attached hydrogens (tertiary/aromatic N) is 2. The molecule has 5 N–H and O–H groups in total. The first kappa shape index (κ1) is 35.0. The summed E-state index contributed by atoms with van der Waals surface area (Å²) in [6.07, 6.45) is 6.91. The van der Waals surface area contributed by atoms with Crippen LogP contribution in [-0.2, 0) is 0 Å². The van der Waals surface area contributed by atoms with E-state index >= 15 is 0 Å². The molecule has 8 rings (SSSR count). The van der Waals surface area contributed by atoms with Crippen LogP contribution in [0, 0.1) is 0 Å². The van der Waals surface area contributed by atoms with Gasteiger partial charge in [0.2, 0.25) is 0 Å². The first-order valence-electron chi connectivity index (χ1n) is 17.6. The van der Waals surface area contributed by atoms with Gasteiger partial charge in [-0.15, -0.1) is 0 Å². The Morgan fingerprint density at radius 1 is 0.694 bits per heavy atom. The van der Waals surface area contributed by atoms with E-state index in [4.69, 9.17) is 5.73 Å². The molecule has 0 amide bonds. The Labute approximate surface area is 300 Å². The molecule has 4 atom stereocenters. The highest BCUT2D eigenvalue weighted by atomic mass is 79.9. The van der Waals surface area contributed by atoms with E-state index in [0.717, 1.165) is 11.0 Å². The summed E-state index contributed by atoms with van der Waals surface area (Å²) in [4.78, 5) is 11.6. The van der Waals surface area contributed by atoms with Gasteiger partial charge >= 0.3 is 0 Å². The number of aromatic nitrogens is 2. The van der Waals surface area contributed by atoms with Crippen LogP contribution in [-0.4, -0.2) is 60.0 Å². The van der Waals surface area contributed by atoms with E-state index in [1.54, 1.807) is 0 Å². The molecule has 2 fully saturated rings. The smallest absolute Gasteiger partial charge is 0.0485 e. The second kappa shape index (κ2) is 16.2. The van der Waals surface area contributed by atoms with Crippen LogP contribution in [0.1, 0.15) is 72.9 Å². The zero-order valence-corrected chi connectivity index (χ0v) is 30.9. The van der Waals surface area contributed by atoms with Gasteiger partial charge in [-0.2, -0.15) is 0 Å². The van der Waals surface area contributed by atoms with Gasteiger partial charge in [0, 0.05) is 69.5 Å². The molecule has 0 saturated carbocycles. The number of likely N-dealkylation sites (tertiary alicyclic amines) is 2. The quantitative estimate of drug-likeness (QED) is 0.138. The number of anilines is 1. The number of nitrogens with two attached hydrogens (primary N) is 1. The number of likely N-dealkylation sites (N-methyl/N-ethyl adjacent to an activating group) is 2. The molecule has 0 spiro atoms. The van der Waals surface area contributed by atoms with E-state index in [1.807, 2.05) is 37.3 Å². The fourth-order valence-electron chi connectivity index (χ4n) is 7.23. The third-order valence-corrected chi connectivity index (χ3v) is 10.6. The van der Waals surface area contributed by atoms with Gasteiger partial charge in [0.05, 0.1) is 0 Å². The van der Waals surface area contributed by atoms with Crippen molar-refractivity contribution >= 4 is 43.4 Å². The van der Waals surface area contributed by atoms with Crippen LogP contribution in [0.4, 0.5) is 5.69 Å². The highest BCUT2D eigenvalue weighted by molar-refractivity contribution is 9.10. The molecular weight excluding hydrogens is 668 g/mol. The Bertz CT molecular complexity index is 1910. The molecule has 6 aromatic rings. The van der Waals surface area contributed by atoms with E-state index in [1.165, 1.54) is 82.2 Å². The maximum atomic E-state index is 5.61. The first-order chi connectivity index (χ1) is 23.7. The van der Waals surface area contributed by atoms with Gasteiger partial charge < -0.3 is 30.8 Å². The summed E-state index contributed by atoms with van der Waals surface area (Å²) in [5.41, 5.74) is 14.7. The molecule has 256 valence electrons. The monoisotopic (exact) mass is 718 g/mol. The summed E-state index contributed by atoms with van der Waals surface area (Å²) in [5.74, 6) is 1.33. The number of benzene rings is 4. The second-order valence-electron chi connectivity index (χ2n) is 13.9. The highest BCUT2D eigenvalue weighted by Crippen LogP contribution is 2.35. The minimum atomic E-state index is 0.159. The Balaban J connectivity index is 0.000000143. The third-order valence-electron chi connectivity index (χ3n) is 10.1. The zero-order valence-electron chi connectivity index (χ0n) is 29.3. The maximum absolute atomic E-state index is 5.61. The van der Waals surface area contributed by atoms with Crippen molar-refractivity contribution in [1.29, 1.82) is 0 Å². The number of nitrogens with one attached hydrogen (secondary N) is 3. The topological polar surface area (TPSA) is 76.1 Å². The molecule has 2 aliphatic rings. The third kappa shape index (κ3) is 8.84. The van der Waals surface area contributed by atoms with Gasteiger partial charge in [-0.3, -0.25) is 0 Å². The Morgan fingerprint density at radius 2 is 1.20 bits per heavy atom. The Morgan fingerprint density at radius 3 is 1.69 bits per heavy atom. The largest absolute Gasteiger partial charge is 0.379 e. The molecule has 2 aliphatic heterocycles. The average Bonchev–Trinajstić information content (AvgIpc) is 3.93. The second-order valence-corrected chi connectivity index (χ2v) is 14.8. The standard InChI is InChI=1S/C21H25N3.C13H15BrN2.C8H11N/c1-15(16-6-4-3-5-7-16)23-18-8-9-21-19(12-18)20(13-22-21)17-10-11-24(2)14-17;1-16-5-4-9(8-16)12-7-15-13-3-2-10(14)6-11(12)13;1-7(9)8-5-3-2-4-6-8/h3-9,12-13,15,17,22-23H,10-11,14H2,1-2H3;2-3,6-7,9,15H,4-5,8H2,1H3;2-7H,9H2,1H3/t15-,17?;;7-/m1.1/s1. The van der Waals surface area contributed by atoms with Crippen molar-refractivity contribution in [3.8, 4) is 0 Å². The normalized spacial score (nSPS) is 19.2. The van der Waals surface area contributed by atoms with E-state index in [9.17, 15) is 0 Å². The predicted molar refractivity (Wildman–Crippen MR) is 212 cm³/mol. The van der Waals surface area contributed by atoms with Crippen molar-refractivity contribution in [2.75, 3.05) is 45.6 Å². The number of H-pyrrole nitrogens is 2. The highest BCUT2D eigenvalue weighted by Gasteiger charge is 2.24. The van der Waals surface area contributed by atoms with Crippen molar-refractivity contribution in [2.24, 2.45) is 5.73 Å². The zero-order chi connectivity index (χ0) is 34.3. The van der Waals surface area contributed by atoms with Crippen molar-refractivity contribution in [3.63, 3.8) is 0 Å². The van der Waals surface area contributed by atoms with Gasteiger partial charge in [-0.1, -0.05) is 76.6 Å². The molecule has 49 heavy (non-hydrogen) atoms. The molecule has 6 nitrogen and oxygen atoms in total. The van der Waals surface area contributed by atoms with Gasteiger partial charge in [-0.05, 0) is 124 Å². The van der Waals surface area contributed by atoms with E-state index in [0.29, 0.717) is 17.9 Å².